The molecule has 0 aromatic heterocycles. The highest BCUT2D eigenvalue weighted by atomic mass is 35.5. The molecule has 2 aromatic carbocycles. The van der Waals surface area contributed by atoms with E-state index in [-0.39, 0.29) is 5.91 Å². The summed E-state index contributed by atoms with van der Waals surface area (Å²) in [6.45, 7) is 6.07. The van der Waals surface area contributed by atoms with Crippen molar-refractivity contribution < 1.29 is 4.79 Å². The van der Waals surface area contributed by atoms with Crippen LogP contribution < -0.4 is 5.32 Å². The van der Waals surface area contributed by atoms with E-state index in [1.165, 1.54) is 11.1 Å². The summed E-state index contributed by atoms with van der Waals surface area (Å²) in [6.07, 6.45) is 0.353. The fourth-order valence-electron chi connectivity index (χ4n) is 2.01. The smallest absolute Gasteiger partial charge is 0.228 e. The van der Waals surface area contributed by atoms with Crippen LogP contribution in [0.5, 0.6) is 0 Å². The molecule has 0 heterocycles. The first kappa shape index (κ1) is 14.6. The van der Waals surface area contributed by atoms with Crippen molar-refractivity contribution in [3.05, 3.63) is 63.7 Å². The molecule has 0 bridgehead atoms. The maximum atomic E-state index is 12.0. The molecule has 0 saturated heterocycles. The first-order chi connectivity index (χ1) is 9.45. The van der Waals surface area contributed by atoms with E-state index in [0.717, 1.165) is 11.1 Å². The number of benzene rings is 2. The summed E-state index contributed by atoms with van der Waals surface area (Å²) in [5, 5.41) is 3.42. The van der Waals surface area contributed by atoms with Gasteiger partial charge in [-0.25, -0.2) is 0 Å². The third-order valence-corrected chi connectivity index (χ3v) is 3.65. The summed E-state index contributed by atoms with van der Waals surface area (Å²) >= 11 is 6.11. The minimum atomic E-state index is -0.0565. The van der Waals surface area contributed by atoms with E-state index >= 15 is 0 Å². The van der Waals surface area contributed by atoms with Crippen molar-refractivity contribution in [2.45, 2.75) is 27.2 Å². The Morgan fingerprint density at radius 1 is 1.05 bits per heavy atom. The summed E-state index contributed by atoms with van der Waals surface area (Å²) in [5.41, 5.74) is 5.17. The lowest BCUT2D eigenvalue weighted by atomic mass is 10.0. The lowest BCUT2D eigenvalue weighted by Gasteiger charge is -2.09. The second-order valence-corrected chi connectivity index (χ2v) is 5.53. The molecule has 0 aliphatic rings. The lowest BCUT2D eigenvalue weighted by molar-refractivity contribution is -0.115. The maximum absolute atomic E-state index is 12.0. The monoisotopic (exact) mass is 287 g/mol. The average Bonchev–Trinajstić information content (AvgIpc) is 2.37. The minimum absolute atomic E-state index is 0.0565. The van der Waals surface area contributed by atoms with Crippen molar-refractivity contribution in [3.63, 3.8) is 0 Å². The second-order valence-electron chi connectivity index (χ2n) is 5.13. The van der Waals surface area contributed by atoms with E-state index in [4.69, 9.17) is 11.6 Å². The van der Waals surface area contributed by atoms with E-state index in [1.807, 2.05) is 50.2 Å². The number of nitrogens with one attached hydrogen (secondary N) is 1. The van der Waals surface area contributed by atoms with Crippen molar-refractivity contribution in [1.82, 2.24) is 0 Å². The fourth-order valence-corrected chi connectivity index (χ4v) is 2.30. The first-order valence-corrected chi connectivity index (χ1v) is 6.95. The molecule has 0 unspecified atom stereocenters. The molecule has 0 spiro atoms. The van der Waals surface area contributed by atoms with Gasteiger partial charge in [-0.05, 0) is 55.2 Å². The SMILES string of the molecule is Cc1ccc(NC(=O)Cc2ccc(C)c(C)c2)c(Cl)c1. The van der Waals surface area contributed by atoms with Gasteiger partial charge in [0, 0.05) is 0 Å². The molecule has 1 amide bonds. The summed E-state index contributed by atoms with van der Waals surface area (Å²) in [6, 6.07) is 11.7. The second kappa shape index (κ2) is 6.10. The van der Waals surface area contributed by atoms with Gasteiger partial charge in [-0.15, -0.1) is 0 Å². The largest absolute Gasteiger partial charge is 0.324 e. The number of rotatable bonds is 3. The zero-order chi connectivity index (χ0) is 14.7. The fraction of sp³-hybridized carbons (Fsp3) is 0.235. The Hall–Kier alpha value is -1.80. The zero-order valence-electron chi connectivity index (χ0n) is 12.0. The van der Waals surface area contributed by atoms with Crippen molar-refractivity contribution in [2.24, 2.45) is 0 Å². The highest BCUT2D eigenvalue weighted by Crippen LogP contribution is 2.23. The predicted molar refractivity (Wildman–Crippen MR) is 84.4 cm³/mol. The van der Waals surface area contributed by atoms with Crippen LogP contribution >= 0.6 is 11.6 Å². The zero-order valence-corrected chi connectivity index (χ0v) is 12.7. The molecule has 104 valence electrons. The van der Waals surface area contributed by atoms with E-state index in [1.54, 1.807) is 0 Å². The van der Waals surface area contributed by atoms with Gasteiger partial charge in [0.15, 0.2) is 0 Å². The molecule has 2 rings (SSSR count). The summed E-state index contributed by atoms with van der Waals surface area (Å²) in [7, 11) is 0. The molecular weight excluding hydrogens is 270 g/mol. The van der Waals surface area contributed by atoms with Gasteiger partial charge < -0.3 is 5.32 Å². The van der Waals surface area contributed by atoms with Crippen LogP contribution in [0.1, 0.15) is 22.3 Å². The highest BCUT2D eigenvalue weighted by Gasteiger charge is 2.07. The first-order valence-electron chi connectivity index (χ1n) is 6.58. The van der Waals surface area contributed by atoms with Crippen LogP contribution in [-0.4, -0.2) is 5.91 Å². The standard InChI is InChI=1S/C17H18ClNO/c1-11-4-7-16(15(18)8-11)19-17(20)10-14-6-5-12(2)13(3)9-14/h4-9H,10H2,1-3H3,(H,19,20). The van der Waals surface area contributed by atoms with E-state index < -0.39 is 0 Å². The number of carbonyl (C=O) groups is 1. The minimum Gasteiger partial charge on any atom is -0.324 e. The molecule has 1 N–H and O–H groups in total. The van der Waals surface area contributed by atoms with Gasteiger partial charge in [-0.3, -0.25) is 4.79 Å². The molecule has 20 heavy (non-hydrogen) atoms. The molecule has 2 aromatic rings. The van der Waals surface area contributed by atoms with Crippen LogP contribution in [0.15, 0.2) is 36.4 Å². The maximum Gasteiger partial charge on any atom is 0.228 e. The van der Waals surface area contributed by atoms with Crippen LogP contribution in [0.2, 0.25) is 5.02 Å². The van der Waals surface area contributed by atoms with Gasteiger partial charge in [0.2, 0.25) is 5.91 Å². The number of halogens is 1. The normalized spacial score (nSPS) is 10.4. The van der Waals surface area contributed by atoms with Gasteiger partial charge in [0.25, 0.3) is 0 Å². The van der Waals surface area contributed by atoms with Gasteiger partial charge in [0.05, 0.1) is 17.1 Å². The number of carbonyl (C=O) groups excluding carboxylic acids is 1. The molecule has 0 aliphatic heterocycles. The number of hydrogen-bond acceptors (Lipinski definition) is 1. The lowest BCUT2D eigenvalue weighted by Crippen LogP contribution is -2.14. The molecular formula is C17H18ClNO. The van der Waals surface area contributed by atoms with Crippen molar-refractivity contribution in [1.29, 1.82) is 0 Å². The Morgan fingerprint density at radius 2 is 1.80 bits per heavy atom. The Morgan fingerprint density at radius 3 is 2.45 bits per heavy atom. The van der Waals surface area contributed by atoms with Crippen molar-refractivity contribution >= 4 is 23.2 Å². The van der Waals surface area contributed by atoms with E-state index in [9.17, 15) is 4.79 Å². The van der Waals surface area contributed by atoms with Gasteiger partial charge in [0.1, 0.15) is 0 Å². The predicted octanol–water partition coefficient (Wildman–Crippen LogP) is 4.45. The van der Waals surface area contributed by atoms with E-state index in [2.05, 4.69) is 12.2 Å². The van der Waals surface area contributed by atoms with Gasteiger partial charge in [-0.1, -0.05) is 35.9 Å². The van der Waals surface area contributed by atoms with Crippen LogP contribution in [0.3, 0.4) is 0 Å². The third kappa shape index (κ3) is 3.61. The molecule has 0 fully saturated rings. The summed E-state index contributed by atoms with van der Waals surface area (Å²) in [4.78, 5) is 12.0. The molecule has 3 heteroatoms. The van der Waals surface area contributed by atoms with E-state index in [0.29, 0.717) is 17.1 Å². The molecule has 0 saturated carbocycles. The number of anilines is 1. The average molecular weight is 288 g/mol. The number of hydrogen-bond donors (Lipinski definition) is 1. The van der Waals surface area contributed by atoms with Crippen LogP contribution in [0.4, 0.5) is 5.69 Å². The van der Waals surface area contributed by atoms with Gasteiger partial charge >= 0.3 is 0 Å². The summed E-state index contributed by atoms with van der Waals surface area (Å²) in [5.74, 6) is -0.0565. The van der Waals surface area contributed by atoms with Crippen LogP contribution in [0, 0.1) is 20.8 Å². The Bertz CT molecular complexity index is 649. The van der Waals surface area contributed by atoms with Crippen LogP contribution in [-0.2, 0) is 11.2 Å². The topological polar surface area (TPSA) is 29.1 Å². The van der Waals surface area contributed by atoms with Crippen molar-refractivity contribution in [2.75, 3.05) is 5.32 Å². The molecule has 2 nitrogen and oxygen atoms in total. The molecule has 0 radical (unpaired) electrons. The molecule has 0 aliphatic carbocycles. The Balaban J connectivity index is 2.07. The number of aryl methyl sites for hydroxylation is 3. The Kier molecular flexibility index (Phi) is 4.46. The number of amides is 1. The Labute approximate surface area is 124 Å². The van der Waals surface area contributed by atoms with Crippen LogP contribution in [0.25, 0.3) is 0 Å². The van der Waals surface area contributed by atoms with Gasteiger partial charge in [-0.2, -0.15) is 0 Å². The summed E-state index contributed by atoms with van der Waals surface area (Å²) < 4.78 is 0. The molecule has 0 atom stereocenters. The quantitative estimate of drug-likeness (QED) is 0.888. The highest BCUT2D eigenvalue weighted by molar-refractivity contribution is 6.33. The third-order valence-electron chi connectivity index (χ3n) is 3.33. The van der Waals surface area contributed by atoms with Crippen molar-refractivity contribution in [3.8, 4) is 0 Å².